The van der Waals surface area contributed by atoms with Crippen LogP contribution in [0.4, 0.5) is 0 Å². The molecule has 2 rings (SSSR count). The van der Waals surface area contributed by atoms with E-state index < -0.39 is 0 Å². The van der Waals surface area contributed by atoms with Crippen LogP contribution in [0.2, 0.25) is 0 Å². The van der Waals surface area contributed by atoms with Gasteiger partial charge in [-0.1, -0.05) is 30.7 Å². The molecule has 1 aromatic carbocycles. The molecule has 1 aromatic heterocycles. The second-order valence-corrected chi connectivity index (χ2v) is 6.65. The maximum Gasteiger partial charge on any atom is 0.0156 e. The van der Waals surface area contributed by atoms with Gasteiger partial charge in [0.05, 0.1) is 0 Å². The van der Waals surface area contributed by atoms with Gasteiger partial charge in [0.25, 0.3) is 0 Å². The van der Waals surface area contributed by atoms with Crippen LogP contribution in [0, 0.1) is 20.8 Å². The minimum absolute atomic E-state index is 0.527. The first kappa shape index (κ1) is 15.3. The lowest BCUT2D eigenvalue weighted by atomic mass is 9.93. The molecule has 1 nitrogen and oxygen atoms in total. The van der Waals surface area contributed by atoms with Crippen LogP contribution >= 0.6 is 11.3 Å². The van der Waals surface area contributed by atoms with Gasteiger partial charge in [0.2, 0.25) is 0 Å². The molecule has 0 spiro atoms. The molecule has 2 heteroatoms. The highest BCUT2D eigenvalue weighted by Crippen LogP contribution is 2.20. The molecule has 0 saturated carbocycles. The van der Waals surface area contributed by atoms with Crippen LogP contribution in [0.5, 0.6) is 0 Å². The van der Waals surface area contributed by atoms with Crippen molar-refractivity contribution in [1.29, 1.82) is 0 Å². The van der Waals surface area contributed by atoms with Crippen molar-refractivity contribution in [3.05, 3.63) is 56.8 Å². The van der Waals surface area contributed by atoms with Crippen LogP contribution in [-0.4, -0.2) is 12.6 Å². The third-order valence-electron chi connectivity index (χ3n) is 3.81. The Balaban J connectivity index is 2.15. The normalized spacial score (nSPS) is 12.6. The van der Waals surface area contributed by atoms with E-state index in [1.54, 1.807) is 0 Å². The summed E-state index contributed by atoms with van der Waals surface area (Å²) < 4.78 is 0. The largest absolute Gasteiger partial charge is 0.314 e. The van der Waals surface area contributed by atoms with Gasteiger partial charge in [-0.05, 0) is 68.3 Å². The number of thiophene rings is 1. The minimum atomic E-state index is 0.527. The summed E-state index contributed by atoms with van der Waals surface area (Å²) in [7, 11) is 0. The lowest BCUT2D eigenvalue weighted by Crippen LogP contribution is -2.33. The predicted molar refractivity (Wildman–Crippen MR) is 89.8 cm³/mol. The second-order valence-electron chi connectivity index (χ2n) is 5.62. The molecule has 0 aliphatic heterocycles. The van der Waals surface area contributed by atoms with Crippen molar-refractivity contribution in [2.24, 2.45) is 0 Å². The first-order valence-electron chi connectivity index (χ1n) is 7.42. The maximum absolute atomic E-state index is 3.65. The van der Waals surface area contributed by atoms with Gasteiger partial charge in [0, 0.05) is 10.9 Å². The number of benzene rings is 1. The quantitative estimate of drug-likeness (QED) is 0.828. The summed E-state index contributed by atoms with van der Waals surface area (Å²) in [6.45, 7) is 9.88. The summed E-state index contributed by atoms with van der Waals surface area (Å²) in [6.07, 6.45) is 2.24. The van der Waals surface area contributed by atoms with Crippen molar-refractivity contribution in [3.63, 3.8) is 0 Å². The molecule has 0 aliphatic carbocycles. The zero-order valence-corrected chi connectivity index (χ0v) is 13.8. The number of hydrogen-bond donors (Lipinski definition) is 1. The Labute approximate surface area is 127 Å². The van der Waals surface area contributed by atoms with E-state index in [0.717, 1.165) is 19.4 Å². The molecular weight excluding hydrogens is 262 g/mol. The molecule has 108 valence electrons. The van der Waals surface area contributed by atoms with Gasteiger partial charge in [0.1, 0.15) is 0 Å². The van der Waals surface area contributed by atoms with Gasteiger partial charge in [-0.3, -0.25) is 0 Å². The van der Waals surface area contributed by atoms with Crippen molar-refractivity contribution >= 4 is 11.3 Å². The van der Waals surface area contributed by atoms with Crippen LogP contribution in [-0.2, 0) is 12.8 Å². The topological polar surface area (TPSA) is 12.0 Å². The van der Waals surface area contributed by atoms with E-state index in [0.29, 0.717) is 6.04 Å². The van der Waals surface area contributed by atoms with E-state index in [9.17, 15) is 0 Å². The van der Waals surface area contributed by atoms with Gasteiger partial charge in [-0.25, -0.2) is 0 Å². The molecule has 1 N–H and O–H groups in total. The van der Waals surface area contributed by atoms with Gasteiger partial charge in [0.15, 0.2) is 0 Å². The lowest BCUT2D eigenvalue weighted by Gasteiger charge is -2.20. The van der Waals surface area contributed by atoms with E-state index in [2.05, 4.69) is 62.7 Å². The Kier molecular flexibility index (Phi) is 5.38. The van der Waals surface area contributed by atoms with Crippen LogP contribution in [0.1, 0.15) is 34.1 Å². The fourth-order valence-corrected chi connectivity index (χ4v) is 3.74. The third kappa shape index (κ3) is 3.94. The first-order chi connectivity index (χ1) is 9.60. The van der Waals surface area contributed by atoms with Crippen LogP contribution in [0.15, 0.2) is 29.6 Å². The average molecular weight is 287 g/mol. The Morgan fingerprint density at radius 3 is 2.35 bits per heavy atom. The van der Waals surface area contributed by atoms with E-state index in [-0.39, 0.29) is 0 Å². The SMILES string of the molecule is CCNC(Cc1cccs1)Cc1c(C)cc(C)cc1C. The molecule has 0 amide bonds. The van der Waals surface area contributed by atoms with Crippen molar-refractivity contribution < 1.29 is 0 Å². The standard InChI is InChI=1S/C18H25NS/c1-5-19-16(11-17-7-6-8-20-17)12-18-14(3)9-13(2)10-15(18)4/h6-10,16,19H,5,11-12H2,1-4H3. The minimum Gasteiger partial charge on any atom is -0.314 e. The van der Waals surface area contributed by atoms with E-state index >= 15 is 0 Å². The molecule has 2 aromatic rings. The van der Waals surface area contributed by atoms with Crippen molar-refractivity contribution in [1.82, 2.24) is 5.32 Å². The fraction of sp³-hybridized carbons (Fsp3) is 0.444. The van der Waals surface area contributed by atoms with Crippen LogP contribution in [0.25, 0.3) is 0 Å². The second kappa shape index (κ2) is 7.05. The molecule has 1 atom stereocenters. The van der Waals surface area contributed by atoms with E-state index in [4.69, 9.17) is 0 Å². The lowest BCUT2D eigenvalue weighted by molar-refractivity contribution is 0.522. The van der Waals surface area contributed by atoms with Gasteiger partial charge in [-0.15, -0.1) is 11.3 Å². The zero-order chi connectivity index (χ0) is 14.5. The molecule has 0 saturated heterocycles. The average Bonchev–Trinajstić information content (AvgIpc) is 2.86. The Morgan fingerprint density at radius 2 is 1.80 bits per heavy atom. The molecular formula is C18H25NS. The number of nitrogens with one attached hydrogen (secondary N) is 1. The molecule has 0 fully saturated rings. The van der Waals surface area contributed by atoms with Crippen molar-refractivity contribution in [2.75, 3.05) is 6.54 Å². The highest BCUT2D eigenvalue weighted by Gasteiger charge is 2.13. The number of aryl methyl sites for hydroxylation is 3. The van der Waals surface area contributed by atoms with E-state index in [1.165, 1.54) is 27.1 Å². The summed E-state index contributed by atoms with van der Waals surface area (Å²) in [4.78, 5) is 1.47. The molecule has 1 unspecified atom stereocenters. The predicted octanol–water partition coefficient (Wildman–Crippen LogP) is 4.44. The molecule has 1 heterocycles. The van der Waals surface area contributed by atoms with Gasteiger partial charge < -0.3 is 5.32 Å². The van der Waals surface area contributed by atoms with Gasteiger partial charge in [-0.2, -0.15) is 0 Å². The maximum atomic E-state index is 3.65. The molecule has 0 radical (unpaired) electrons. The van der Waals surface area contributed by atoms with Crippen molar-refractivity contribution in [2.45, 2.75) is 46.6 Å². The molecule has 0 bridgehead atoms. The highest BCUT2D eigenvalue weighted by atomic mass is 32.1. The Bertz CT molecular complexity index is 520. The molecule has 0 aliphatic rings. The highest BCUT2D eigenvalue weighted by molar-refractivity contribution is 7.09. The smallest absolute Gasteiger partial charge is 0.0156 e. The van der Waals surface area contributed by atoms with Crippen molar-refractivity contribution in [3.8, 4) is 0 Å². The Hall–Kier alpha value is -1.12. The monoisotopic (exact) mass is 287 g/mol. The van der Waals surface area contributed by atoms with Crippen LogP contribution < -0.4 is 5.32 Å². The zero-order valence-electron chi connectivity index (χ0n) is 13.0. The fourth-order valence-electron chi connectivity index (χ4n) is 2.96. The van der Waals surface area contributed by atoms with Gasteiger partial charge >= 0.3 is 0 Å². The summed E-state index contributed by atoms with van der Waals surface area (Å²) in [6, 6.07) is 9.51. The number of rotatable bonds is 6. The summed E-state index contributed by atoms with van der Waals surface area (Å²) in [5, 5.41) is 5.81. The summed E-state index contributed by atoms with van der Waals surface area (Å²) in [5.74, 6) is 0. The number of likely N-dealkylation sites (N-methyl/N-ethyl adjacent to an activating group) is 1. The summed E-state index contributed by atoms with van der Waals surface area (Å²) in [5.41, 5.74) is 5.73. The molecule has 20 heavy (non-hydrogen) atoms. The summed E-state index contributed by atoms with van der Waals surface area (Å²) >= 11 is 1.86. The van der Waals surface area contributed by atoms with Crippen LogP contribution in [0.3, 0.4) is 0 Å². The first-order valence-corrected chi connectivity index (χ1v) is 8.30. The third-order valence-corrected chi connectivity index (χ3v) is 4.71. The Morgan fingerprint density at radius 1 is 1.10 bits per heavy atom. The van der Waals surface area contributed by atoms with E-state index in [1.807, 2.05) is 11.3 Å². The number of hydrogen-bond acceptors (Lipinski definition) is 2.